The van der Waals surface area contributed by atoms with Crippen LogP contribution in [-0.4, -0.2) is 142 Å². The molecule has 0 bridgehead atoms. The number of hydrogen-bond donors (Lipinski definition) is 7. The number of aliphatic hydroxyl groups is 7. The highest BCUT2D eigenvalue weighted by atomic mass is 16.7. The molecular formula is C62H108O14. The molecule has 7 N–H and O–H groups in total. The van der Waals surface area contributed by atoms with E-state index in [9.17, 15) is 40.5 Å². The minimum atomic E-state index is -1.71. The third-order valence-electron chi connectivity index (χ3n) is 13.9. The van der Waals surface area contributed by atoms with Crippen molar-refractivity contribution in [1.82, 2.24) is 0 Å². The van der Waals surface area contributed by atoms with Crippen LogP contribution in [0.4, 0.5) is 0 Å². The Labute approximate surface area is 459 Å². The van der Waals surface area contributed by atoms with Crippen LogP contribution in [0.1, 0.15) is 213 Å². The first-order chi connectivity index (χ1) is 37.1. The summed E-state index contributed by atoms with van der Waals surface area (Å²) in [6, 6.07) is 0. The lowest BCUT2D eigenvalue weighted by atomic mass is 9.98. The molecular weight excluding hydrogens is 969 g/mol. The van der Waals surface area contributed by atoms with Crippen LogP contribution in [0.15, 0.2) is 72.9 Å². The van der Waals surface area contributed by atoms with Crippen molar-refractivity contribution < 1.29 is 69.0 Å². The molecule has 2 rings (SSSR count). The van der Waals surface area contributed by atoms with E-state index in [1.807, 2.05) is 0 Å². The molecule has 0 aromatic rings. The first kappa shape index (κ1) is 69.5. The quantitative estimate of drug-likeness (QED) is 0.0172. The molecule has 0 amide bonds. The summed E-state index contributed by atoms with van der Waals surface area (Å²) in [5, 5.41) is 72.4. The fraction of sp³-hybridized carbons (Fsp3) is 0.790. The van der Waals surface area contributed by atoms with Crippen molar-refractivity contribution in [1.29, 1.82) is 0 Å². The van der Waals surface area contributed by atoms with Crippen molar-refractivity contribution in [2.45, 2.75) is 280 Å². The molecule has 2 saturated heterocycles. The van der Waals surface area contributed by atoms with Gasteiger partial charge in [0.25, 0.3) is 0 Å². The maximum atomic E-state index is 13.1. The van der Waals surface area contributed by atoms with E-state index in [1.165, 1.54) is 103 Å². The third kappa shape index (κ3) is 34.4. The van der Waals surface area contributed by atoms with E-state index in [1.54, 1.807) is 0 Å². The fourth-order valence-electron chi connectivity index (χ4n) is 9.13. The maximum absolute atomic E-state index is 13.1. The molecule has 0 radical (unpaired) electrons. The van der Waals surface area contributed by atoms with Gasteiger partial charge in [0.05, 0.1) is 26.4 Å². The summed E-state index contributed by atoms with van der Waals surface area (Å²) in [4.78, 5) is 13.1. The molecule has 2 aliphatic heterocycles. The second-order valence-electron chi connectivity index (χ2n) is 20.8. The van der Waals surface area contributed by atoms with Crippen molar-refractivity contribution in [2.75, 3.05) is 33.0 Å². The van der Waals surface area contributed by atoms with E-state index >= 15 is 0 Å². The molecule has 0 aromatic carbocycles. The van der Waals surface area contributed by atoms with Crippen LogP contribution in [-0.2, 0) is 33.2 Å². The number of esters is 1. The Morgan fingerprint density at radius 3 is 1.36 bits per heavy atom. The zero-order valence-electron chi connectivity index (χ0n) is 47.2. The van der Waals surface area contributed by atoms with Crippen LogP contribution in [0.2, 0.25) is 0 Å². The number of ether oxygens (including phenoxy) is 6. The zero-order chi connectivity index (χ0) is 55.1. The van der Waals surface area contributed by atoms with Gasteiger partial charge in [0.2, 0.25) is 0 Å². The number of aliphatic hydroxyl groups excluding tert-OH is 7. The van der Waals surface area contributed by atoms with E-state index in [2.05, 4.69) is 86.8 Å². The highest BCUT2D eigenvalue weighted by Gasteiger charge is 2.47. The topological polar surface area (TPSA) is 214 Å². The van der Waals surface area contributed by atoms with Gasteiger partial charge >= 0.3 is 5.97 Å². The second kappa shape index (κ2) is 48.3. The fourth-order valence-corrected chi connectivity index (χ4v) is 9.13. The Morgan fingerprint density at radius 1 is 0.447 bits per heavy atom. The van der Waals surface area contributed by atoms with E-state index in [4.69, 9.17) is 28.4 Å². The molecule has 11 unspecified atom stereocenters. The van der Waals surface area contributed by atoms with Gasteiger partial charge in [-0.3, -0.25) is 4.79 Å². The molecule has 0 aromatic heterocycles. The number of rotatable bonds is 48. The first-order valence-electron chi connectivity index (χ1n) is 30.0. The van der Waals surface area contributed by atoms with Gasteiger partial charge in [-0.1, -0.05) is 196 Å². The molecule has 2 aliphatic rings. The molecule has 14 nitrogen and oxygen atoms in total. The third-order valence-corrected chi connectivity index (χ3v) is 13.9. The summed E-state index contributed by atoms with van der Waals surface area (Å²) in [5.41, 5.74) is 0. The SMILES string of the molecule is CC/C=C\C/C=C\C/C=C\C/C=C\C/C=C\CCCCCCCCCCOCC(COC1OC(COC2OC(CO)C(O)C(O)C2O)C(O)C(O)C1O)OC(=O)CCCCCCCCC/C=C\CCCCCCCCC. The summed E-state index contributed by atoms with van der Waals surface area (Å²) in [7, 11) is 0. The minimum absolute atomic E-state index is 0.0512. The lowest BCUT2D eigenvalue weighted by molar-refractivity contribution is -0.332. The number of unbranched alkanes of at least 4 members (excludes halogenated alkanes) is 22. The molecule has 440 valence electrons. The molecule has 0 spiro atoms. The minimum Gasteiger partial charge on any atom is -0.457 e. The maximum Gasteiger partial charge on any atom is 0.306 e. The molecule has 11 atom stereocenters. The van der Waals surface area contributed by atoms with Crippen molar-refractivity contribution in [3.8, 4) is 0 Å². The van der Waals surface area contributed by atoms with Crippen molar-refractivity contribution >= 4 is 5.97 Å². The first-order valence-corrected chi connectivity index (χ1v) is 30.0. The number of allylic oxidation sites excluding steroid dienone is 12. The number of carbonyl (C=O) groups is 1. The van der Waals surface area contributed by atoms with Crippen LogP contribution in [0.3, 0.4) is 0 Å². The van der Waals surface area contributed by atoms with Crippen molar-refractivity contribution in [3.63, 3.8) is 0 Å². The van der Waals surface area contributed by atoms with Gasteiger partial charge in [0.15, 0.2) is 12.6 Å². The summed E-state index contributed by atoms with van der Waals surface area (Å²) in [5.74, 6) is -0.385. The second-order valence-corrected chi connectivity index (χ2v) is 20.8. The van der Waals surface area contributed by atoms with Crippen LogP contribution >= 0.6 is 0 Å². The summed E-state index contributed by atoms with van der Waals surface area (Å²) in [6.45, 7) is 3.56. The molecule has 76 heavy (non-hydrogen) atoms. The van der Waals surface area contributed by atoms with E-state index in [0.29, 0.717) is 13.0 Å². The van der Waals surface area contributed by atoms with Crippen molar-refractivity contribution in [2.24, 2.45) is 0 Å². The molecule has 14 heteroatoms. The molecule has 0 aliphatic carbocycles. The van der Waals surface area contributed by atoms with Gasteiger partial charge in [-0.05, 0) is 83.5 Å². The highest BCUT2D eigenvalue weighted by molar-refractivity contribution is 5.69. The van der Waals surface area contributed by atoms with E-state index < -0.39 is 80.7 Å². The van der Waals surface area contributed by atoms with Crippen LogP contribution in [0.5, 0.6) is 0 Å². The predicted molar refractivity (Wildman–Crippen MR) is 302 cm³/mol. The Morgan fingerprint density at radius 2 is 0.855 bits per heavy atom. The monoisotopic (exact) mass is 1080 g/mol. The molecule has 2 heterocycles. The Balaban J connectivity index is 1.71. The standard InChI is InChI=1S/C62H108O14/c1-3-5-7-9-11-13-15-17-19-21-23-24-25-26-27-28-30-32-34-36-38-40-42-44-46-71-48-51(74-54(64)45-43-41-39-37-35-33-31-29-22-20-18-16-14-12-10-8-6-4-2)49-72-61-60(70)58(68)56(66)53(76-61)50-73-62-59(69)57(67)55(65)52(47-63)75-62/h5,7,11,13,17,19-20,22-24,26-27,51-53,55-63,65-70H,3-4,6,8-10,12,14-16,18,21,25,28-50H2,1-2H3/b7-5-,13-11-,19-17-,22-20-,24-23-,27-26-. The molecule has 2 fully saturated rings. The normalized spacial score (nSPS) is 25.0. The van der Waals surface area contributed by atoms with Crippen LogP contribution in [0, 0.1) is 0 Å². The van der Waals surface area contributed by atoms with Gasteiger partial charge in [-0.15, -0.1) is 0 Å². The summed E-state index contributed by atoms with van der Waals surface area (Å²) < 4.78 is 34.4. The van der Waals surface area contributed by atoms with Crippen molar-refractivity contribution in [3.05, 3.63) is 72.9 Å². The number of carbonyl (C=O) groups excluding carboxylic acids is 1. The Bertz CT molecular complexity index is 1530. The highest BCUT2D eigenvalue weighted by Crippen LogP contribution is 2.27. The lowest BCUT2D eigenvalue weighted by Gasteiger charge is -2.42. The summed E-state index contributed by atoms with van der Waals surface area (Å²) in [6.07, 6.45) is 45.3. The van der Waals surface area contributed by atoms with Gasteiger partial charge in [0.1, 0.15) is 54.9 Å². The summed E-state index contributed by atoms with van der Waals surface area (Å²) >= 11 is 0. The van der Waals surface area contributed by atoms with Gasteiger partial charge in [0, 0.05) is 13.0 Å². The smallest absolute Gasteiger partial charge is 0.306 e. The average molecular weight is 1080 g/mol. The zero-order valence-corrected chi connectivity index (χ0v) is 47.2. The van der Waals surface area contributed by atoms with Crippen LogP contribution in [0.25, 0.3) is 0 Å². The van der Waals surface area contributed by atoms with Gasteiger partial charge in [-0.2, -0.15) is 0 Å². The van der Waals surface area contributed by atoms with Crippen LogP contribution < -0.4 is 0 Å². The molecule has 0 saturated carbocycles. The van der Waals surface area contributed by atoms with Gasteiger partial charge in [-0.25, -0.2) is 0 Å². The lowest BCUT2D eigenvalue weighted by Crippen LogP contribution is -2.61. The Kier molecular flexibility index (Phi) is 44.2. The van der Waals surface area contributed by atoms with Gasteiger partial charge < -0.3 is 64.2 Å². The average Bonchev–Trinajstić information content (AvgIpc) is 3.42. The van der Waals surface area contributed by atoms with E-state index in [0.717, 1.165) is 83.5 Å². The predicted octanol–water partition coefficient (Wildman–Crippen LogP) is 11.0. The Hall–Kier alpha value is -2.57. The largest absolute Gasteiger partial charge is 0.457 e. The van der Waals surface area contributed by atoms with E-state index in [-0.39, 0.29) is 25.6 Å². The number of hydrogen-bond acceptors (Lipinski definition) is 14.